The van der Waals surface area contributed by atoms with Crippen molar-refractivity contribution in [1.82, 2.24) is 0 Å². The summed E-state index contributed by atoms with van der Waals surface area (Å²) in [7, 11) is 0. The summed E-state index contributed by atoms with van der Waals surface area (Å²) in [5.74, 6) is 4.80. The van der Waals surface area contributed by atoms with Crippen molar-refractivity contribution in [3.8, 4) is 11.8 Å². The maximum absolute atomic E-state index is 10.4. The number of hydrogen-bond donors (Lipinski definition) is 0. The third-order valence-electron chi connectivity index (χ3n) is 1.59. The molecule has 0 N–H and O–H groups in total. The lowest BCUT2D eigenvalue weighted by Crippen LogP contribution is -1.84. The van der Waals surface area contributed by atoms with Crippen LogP contribution in [-0.4, -0.2) is 5.78 Å². The van der Waals surface area contributed by atoms with Gasteiger partial charge < -0.3 is 4.74 Å². The number of benzene rings is 1. The van der Waals surface area contributed by atoms with E-state index in [2.05, 4.69) is 11.8 Å². The molecule has 1 rings (SSSR count). The van der Waals surface area contributed by atoms with Crippen LogP contribution in [0.1, 0.15) is 12.5 Å². The Balaban J connectivity index is 2.29. The van der Waals surface area contributed by atoms with E-state index in [1.807, 2.05) is 30.3 Å². The highest BCUT2D eigenvalue weighted by Crippen LogP contribution is 2.00. The van der Waals surface area contributed by atoms with Gasteiger partial charge in [-0.2, -0.15) is 0 Å². The number of ether oxygens (including phenoxy) is 1. The zero-order chi connectivity index (χ0) is 10.9. The molecule has 0 aliphatic rings. The topological polar surface area (TPSA) is 26.3 Å². The largest absolute Gasteiger partial charge is 0.496 e. The molecule has 1 aromatic rings. The van der Waals surface area contributed by atoms with Gasteiger partial charge in [0.1, 0.15) is 6.61 Å². The van der Waals surface area contributed by atoms with Gasteiger partial charge in [0.25, 0.3) is 0 Å². The predicted molar refractivity (Wildman–Crippen MR) is 58.8 cm³/mol. The van der Waals surface area contributed by atoms with Crippen molar-refractivity contribution in [2.45, 2.75) is 13.5 Å². The standard InChI is InChI=1S/C13H12O2/c1-12(14)7-5-6-10-15-11-13-8-3-2-4-9-13/h2-4,6,8-10H,11H2,1H3. The molecular weight excluding hydrogens is 188 g/mol. The molecule has 0 radical (unpaired) electrons. The van der Waals surface area contributed by atoms with Crippen LogP contribution in [0.2, 0.25) is 0 Å². The minimum absolute atomic E-state index is 0.150. The van der Waals surface area contributed by atoms with Crippen molar-refractivity contribution < 1.29 is 9.53 Å². The summed E-state index contributed by atoms with van der Waals surface area (Å²) >= 11 is 0. The fourth-order valence-electron chi connectivity index (χ4n) is 0.944. The van der Waals surface area contributed by atoms with Gasteiger partial charge in [0.2, 0.25) is 5.78 Å². The summed E-state index contributed by atoms with van der Waals surface area (Å²) in [6.07, 6.45) is 3.01. The molecule has 76 valence electrons. The van der Waals surface area contributed by atoms with Crippen LogP contribution in [0.5, 0.6) is 0 Å². The highest BCUT2D eigenvalue weighted by atomic mass is 16.5. The second-order valence-corrected chi connectivity index (χ2v) is 2.92. The van der Waals surface area contributed by atoms with Gasteiger partial charge in [-0.3, -0.25) is 4.79 Å². The van der Waals surface area contributed by atoms with Gasteiger partial charge in [0.05, 0.1) is 6.26 Å². The maximum atomic E-state index is 10.4. The van der Waals surface area contributed by atoms with Crippen LogP contribution in [0, 0.1) is 11.8 Å². The molecule has 2 heteroatoms. The summed E-state index contributed by atoms with van der Waals surface area (Å²) < 4.78 is 5.21. The molecule has 1 aromatic carbocycles. The van der Waals surface area contributed by atoms with Gasteiger partial charge >= 0.3 is 0 Å². The van der Waals surface area contributed by atoms with Gasteiger partial charge in [-0.15, -0.1) is 0 Å². The van der Waals surface area contributed by atoms with Crippen LogP contribution in [0.3, 0.4) is 0 Å². The smallest absolute Gasteiger partial charge is 0.202 e. The van der Waals surface area contributed by atoms with E-state index in [0.717, 1.165) is 5.56 Å². The van der Waals surface area contributed by atoms with Crippen LogP contribution in [0.25, 0.3) is 0 Å². The summed E-state index contributed by atoms with van der Waals surface area (Å²) in [5, 5.41) is 0. The van der Waals surface area contributed by atoms with E-state index in [4.69, 9.17) is 4.74 Å². The zero-order valence-electron chi connectivity index (χ0n) is 8.57. The van der Waals surface area contributed by atoms with Gasteiger partial charge in [-0.25, -0.2) is 0 Å². The van der Waals surface area contributed by atoms with E-state index >= 15 is 0 Å². The lowest BCUT2D eigenvalue weighted by Gasteiger charge is -1.98. The summed E-state index contributed by atoms with van der Waals surface area (Å²) in [5.41, 5.74) is 1.10. The van der Waals surface area contributed by atoms with Crippen molar-refractivity contribution in [2.24, 2.45) is 0 Å². The minimum Gasteiger partial charge on any atom is -0.496 e. The third-order valence-corrected chi connectivity index (χ3v) is 1.59. The Hall–Kier alpha value is -2.01. The van der Waals surface area contributed by atoms with Crippen LogP contribution in [0.15, 0.2) is 42.7 Å². The first kappa shape index (κ1) is 11.1. The monoisotopic (exact) mass is 200 g/mol. The molecule has 0 heterocycles. The Morgan fingerprint density at radius 2 is 2.13 bits per heavy atom. The molecule has 2 nitrogen and oxygen atoms in total. The third kappa shape index (κ3) is 5.33. The number of rotatable bonds is 3. The predicted octanol–water partition coefficient (Wildman–Crippen LogP) is 2.31. The number of carbonyl (C=O) groups excluding carboxylic acids is 1. The number of hydrogen-bond acceptors (Lipinski definition) is 2. The van der Waals surface area contributed by atoms with Crippen LogP contribution >= 0.6 is 0 Å². The Morgan fingerprint density at radius 1 is 1.40 bits per heavy atom. The maximum Gasteiger partial charge on any atom is 0.202 e. The second kappa shape index (κ2) is 6.44. The second-order valence-electron chi connectivity index (χ2n) is 2.92. The lowest BCUT2D eigenvalue weighted by molar-refractivity contribution is -0.111. The van der Waals surface area contributed by atoms with Crippen molar-refractivity contribution in [2.75, 3.05) is 0 Å². The Morgan fingerprint density at radius 3 is 2.80 bits per heavy atom. The first-order valence-corrected chi connectivity index (χ1v) is 4.61. The first-order valence-electron chi connectivity index (χ1n) is 4.61. The van der Waals surface area contributed by atoms with Gasteiger partial charge in [0.15, 0.2) is 0 Å². The Labute approximate surface area is 89.6 Å². The van der Waals surface area contributed by atoms with Gasteiger partial charge in [0, 0.05) is 13.0 Å². The average Bonchev–Trinajstić information content (AvgIpc) is 2.24. The molecule has 0 atom stereocenters. The average molecular weight is 200 g/mol. The van der Waals surface area contributed by atoms with Crippen molar-refractivity contribution in [3.05, 3.63) is 48.2 Å². The van der Waals surface area contributed by atoms with Crippen LogP contribution in [-0.2, 0) is 16.1 Å². The molecule has 0 aliphatic heterocycles. The fourth-order valence-corrected chi connectivity index (χ4v) is 0.944. The molecule has 0 unspecified atom stereocenters. The summed E-state index contributed by atoms with van der Waals surface area (Å²) in [4.78, 5) is 10.4. The van der Waals surface area contributed by atoms with E-state index in [0.29, 0.717) is 6.61 Å². The highest BCUT2D eigenvalue weighted by molar-refractivity contribution is 5.93. The molecule has 0 amide bonds. The van der Waals surface area contributed by atoms with E-state index < -0.39 is 0 Å². The first-order chi connectivity index (χ1) is 7.29. The van der Waals surface area contributed by atoms with Crippen molar-refractivity contribution >= 4 is 5.78 Å². The highest BCUT2D eigenvalue weighted by Gasteiger charge is 1.86. The van der Waals surface area contributed by atoms with Crippen molar-refractivity contribution in [3.63, 3.8) is 0 Å². The van der Waals surface area contributed by atoms with E-state index in [1.54, 1.807) is 0 Å². The normalized spacial score (nSPS) is 9.40. The Bertz CT molecular complexity index is 394. The van der Waals surface area contributed by atoms with E-state index in [1.165, 1.54) is 19.3 Å². The van der Waals surface area contributed by atoms with E-state index in [-0.39, 0.29) is 5.78 Å². The van der Waals surface area contributed by atoms with E-state index in [9.17, 15) is 4.79 Å². The van der Waals surface area contributed by atoms with Crippen LogP contribution < -0.4 is 0 Å². The zero-order valence-corrected chi connectivity index (χ0v) is 8.57. The van der Waals surface area contributed by atoms with Gasteiger partial charge in [-0.05, 0) is 11.5 Å². The quantitative estimate of drug-likeness (QED) is 0.425. The molecule has 0 saturated heterocycles. The molecule has 0 aromatic heterocycles. The molecule has 0 spiro atoms. The molecule has 0 bridgehead atoms. The SMILES string of the molecule is CC(=O)C#CC=COCc1ccccc1. The molecule has 0 aliphatic carbocycles. The van der Waals surface area contributed by atoms with Crippen LogP contribution in [0.4, 0.5) is 0 Å². The Kier molecular flexibility index (Phi) is 4.75. The molecule has 15 heavy (non-hydrogen) atoms. The number of ketones is 1. The lowest BCUT2D eigenvalue weighted by atomic mass is 10.2. The molecule has 0 fully saturated rings. The van der Waals surface area contributed by atoms with Gasteiger partial charge in [-0.1, -0.05) is 36.3 Å². The fraction of sp³-hybridized carbons (Fsp3) is 0.154. The molecular formula is C13H12O2. The molecule has 0 saturated carbocycles. The number of Topliss-reactive ketones (excluding diaryl/α,β-unsaturated/α-hetero) is 1. The number of allylic oxidation sites excluding steroid dienone is 1. The number of carbonyl (C=O) groups is 1. The summed E-state index contributed by atoms with van der Waals surface area (Å²) in [6.45, 7) is 1.94. The summed E-state index contributed by atoms with van der Waals surface area (Å²) in [6, 6.07) is 9.83. The van der Waals surface area contributed by atoms with Crippen molar-refractivity contribution in [1.29, 1.82) is 0 Å². The minimum atomic E-state index is -0.150.